The molecule has 3 rings (SSSR count). The Morgan fingerprint density at radius 2 is 2.20 bits per heavy atom. The Bertz CT molecular complexity index is 664. The molecule has 0 bridgehead atoms. The number of aromatic nitrogens is 4. The number of nitrogens with zero attached hydrogens (tertiary/aromatic N) is 4. The van der Waals surface area contributed by atoms with Crippen molar-refractivity contribution in [2.24, 2.45) is 0 Å². The van der Waals surface area contributed by atoms with Crippen LogP contribution in [0.5, 0.6) is 0 Å². The minimum Gasteiger partial charge on any atom is -0.277 e. The molecule has 0 radical (unpaired) electrons. The van der Waals surface area contributed by atoms with Crippen LogP contribution in [0.25, 0.3) is 16.7 Å². The second-order valence-corrected chi connectivity index (χ2v) is 4.33. The van der Waals surface area contributed by atoms with Gasteiger partial charge in [-0.05, 0) is 18.2 Å². The highest BCUT2D eigenvalue weighted by molar-refractivity contribution is 9.10. The molecular weight excluding hydrogens is 279 g/mol. The SMILES string of the molecule is Clc1nc2cc(Br)ccc2n2cnnc12. The van der Waals surface area contributed by atoms with Crippen LogP contribution in [0.1, 0.15) is 0 Å². The maximum atomic E-state index is 5.98. The van der Waals surface area contributed by atoms with Gasteiger partial charge in [0.1, 0.15) is 6.33 Å². The van der Waals surface area contributed by atoms with E-state index in [0.717, 1.165) is 15.5 Å². The molecule has 2 aromatic heterocycles. The van der Waals surface area contributed by atoms with Gasteiger partial charge in [0, 0.05) is 4.47 Å². The molecule has 4 nitrogen and oxygen atoms in total. The van der Waals surface area contributed by atoms with Gasteiger partial charge in [0.25, 0.3) is 0 Å². The molecule has 0 atom stereocenters. The zero-order chi connectivity index (χ0) is 10.4. The molecule has 6 heteroatoms. The fourth-order valence-electron chi connectivity index (χ4n) is 1.50. The first-order valence-electron chi connectivity index (χ1n) is 4.20. The molecule has 0 saturated heterocycles. The molecule has 3 aromatic rings. The minimum atomic E-state index is 0.359. The van der Waals surface area contributed by atoms with Crippen LogP contribution in [-0.4, -0.2) is 19.6 Å². The Morgan fingerprint density at radius 3 is 3.07 bits per heavy atom. The fraction of sp³-hybridized carbons (Fsp3) is 0. The van der Waals surface area contributed by atoms with Crippen molar-refractivity contribution < 1.29 is 0 Å². The zero-order valence-corrected chi connectivity index (χ0v) is 9.70. The van der Waals surface area contributed by atoms with Crippen LogP contribution in [0.3, 0.4) is 0 Å². The summed E-state index contributed by atoms with van der Waals surface area (Å²) < 4.78 is 2.78. The predicted molar refractivity (Wildman–Crippen MR) is 61.0 cm³/mol. The summed E-state index contributed by atoms with van der Waals surface area (Å²) in [6.45, 7) is 0. The van der Waals surface area contributed by atoms with Crippen LogP contribution in [-0.2, 0) is 0 Å². The fourth-order valence-corrected chi connectivity index (χ4v) is 2.07. The summed E-state index contributed by atoms with van der Waals surface area (Å²) in [5.41, 5.74) is 2.32. The molecule has 2 heterocycles. The van der Waals surface area contributed by atoms with Gasteiger partial charge in [-0.1, -0.05) is 27.5 Å². The minimum absolute atomic E-state index is 0.359. The van der Waals surface area contributed by atoms with E-state index in [-0.39, 0.29) is 0 Å². The van der Waals surface area contributed by atoms with E-state index in [1.165, 1.54) is 0 Å². The second kappa shape index (κ2) is 3.15. The van der Waals surface area contributed by atoms with Crippen molar-refractivity contribution in [3.05, 3.63) is 34.2 Å². The van der Waals surface area contributed by atoms with Crippen molar-refractivity contribution in [2.45, 2.75) is 0 Å². The van der Waals surface area contributed by atoms with Gasteiger partial charge in [-0.15, -0.1) is 10.2 Å². The molecule has 0 unspecified atom stereocenters. The third-order valence-corrected chi connectivity index (χ3v) is 2.89. The van der Waals surface area contributed by atoms with Gasteiger partial charge in [0.2, 0.25) is 0 Å². The van der Waals surface area contributed by atoms with Crippen LogP contribution < -0.4 is 0 Å². The molecule has 0 spiro atoms. The lowest BCUT2D eigenvalue weighted by atomic mass is 10.3. The Labute approximate surface area is 98.0 Å². The van der Waals surface area contributed by atoms with E-state index >= 15 is 0 Å². The molecule has 0 aliphatic carbocycles. The largest absolute Gasteiger partial charge is 0.277 e. The van der Waals surface area contributed by atoms with E-state index in [1.54, 1.807) is 6.33 Å². The number of halogens is 2. The number of rotatable bonds is 0. The summed E-state index contributed by atoms with van der Waals surface area (Å²) in [7, 11) is 0. The molecule has 15 heavy (non-hydrogen) atoms. The second-order valence-electron chi connectivity index (χ2n) is 3.06. The molecule has 1 aromatic carbocycles. The lowest BCUT2D eigenvalue weighted by Crippen LogP contribution is -1.91. The first-order valence-corrected chi connectivity index (χ1v) is 5.37. The van der Waals surface area contributed by atoms with Crippen LogP contribution >= 0.6 is 27.5 Å². The summed E-state index contributed by atoms with van der Waals surface area (Å²) in [6.07, 6.45) is 1.62. The predicted octanol–water partition coefficient (Wildman–Crippen LogP) is 2.69. The molecule has 0 aliphatic heterocycles. The quantitative estimate of drug-likeness (QED) is 0.637. The molecule has 74 valence electrons. The van der Waals surface area contributed by atoms with Crippen molar-refractivity contribution in [1.29, 1.82) is 0 Å². The highest BCUT2D eigenvalue weighted by Gasteiger charge is 2.07. The van der Waals surface area contributed by atoms with Crippen molar-refractivity contribution >= 4 is 44.2 Å². The van der Waals surface area contributed by atoms with E-state index in [4.69, 9.17) is 11.6 Å². The van der Waals surface area contributed by atoms with Gasteiger partial charge in [-0.25, -0.2) is 4.98 Å². The third kappa shape index (κ3) is 1.31. The normalized spacial score (nSPS) is 11.3. The Balaban J connectivity index is 2.60. The first-order chi connectivity index (χ1) is 7.25. The molecule has 0 amide bonds. The maximum Gasteiger partial charge on any atom is 0.198 e. The van der Waals surface area contributed by atoms with Crippen LogP contribution in [0.15, 0.2) is 29.0 Å². The van der Waals surface area contributed by atoms with Gasteiger partial charge >= 0.3 is 0 Å². The Hall–Kier alpha value is -1.20. The van der Waals surface area contributed by atoms with Crippen LogP contribution in [0.2, 0.25) is 5.15 Å². The molecule has 0 N–H and O–H groups in total. The van der Waals surface area contributed by atoms with Gasteiger partial charge in [-0.3, -0.25) is 4.40 Å². The monoisotopic (exact) mass is 282 g/mol. The Morgan fingerprint density at radius 1 is 1.33 bits per heavy atom. The van der Waals surface area contributed by atoms with Crippen LogP contribution in [0, 0.1) is 0 Å². The molecule has 0 aliphatic rings. The number of fused-ring (bicyclic) bond motifs is 3. The van der Waals surface area contributed by atoms with Crippen molar-refractivity contribution in [3.63, 3.8) is 0 Å². The van der Waals surface area contributed by atoms with Crippen molar-refractivity contribution in [3.8, 4) is 0 Å². The highest BCUT2D eigenvalue weighted by Crippen LogP contribution is 2.22. The molecule has 0 fully saturated rings. The van der Waals surface area contributed by atoms with Crippen LogP contribution in [0.4, 0.5) is 0 Å². The summed E-state index contributed by atoms with van der Waals surface area (Å²) in [6, 6.07) is 5.79. The lowest BCUT2D eigenvalue weighted by molar-refractivity contribution is 1.11. The summed E-state index contributed by atoms with van der Waals surface area (Å²) in [4.78, 5) is 4.25. The topological polar surface area (TPSA) is 43.1 Å². The third-order valence-electron chi connectivity index (χ3n) is 2.15. The Kier molecular flexibility index (Phi) is 1.90. The molecular formula is C9H4BrClN4. The number of hydrogen-bond donors (Lipinski definition) is 0. The summed E-state index contributed by atoms with van der Waals surface area (Å²) >= 11 is 9.37. The number of benzene rings is 1. The number of hydrogen-bond acceptors (Lipinski definition) is 3. The first kappa shape index (κ1) is 9.06. The van der Waals surface area contributed by atoms with E-state index in [9.17, 15) is 0 Å². The summed E-state index contributed by atoms with van der Waals surface area (Å²) in [5.74, 6) is 0. The zero-order valence-electron chi connectivity index (χ0n) is 7.35. The molecule has 0 saturated carbocycles. The van der Waals surface area contributed by atoms with E-state index in [2.05, 4.69) is 31.1 Å². The van der Waals surface area contributed by atoms with Crippen molar-refractivity contribution in [2.75, 3.05) is 0 Å². The van der Waals surface area contributed by atoms with E-state index < -0.39 is 0 Å². The highest BCUT2D eigenvalue weighted by atomic mass is 79.9. The summed E-state index contributed by atoms with van der Waals surface area (Å²) in [5, 5.41) is 8.07. The smallest absolute Gasteiger partial charge is 0.198 e. The average Bonchev–Trinajstić information content (AvgIpc) is 2.66. The lowest BCUT2D eigenvalue weighted by Gasteiger charge is -2.02. The van der Waals surface area contributed by atoms with Crippen molar-refractivity contribution in [1.82, 2.24) is 19.6 Å². The average molecular weight is 284 g/mol. The van der Waals surface area contributed by atoms with Gasteiger partial charge < -0.3 is 0 Å². The van der Waals surface area contributed by atoms with E-state index in [0.29, 0.717) is 10.8 Å². The van der Waals surface area contributed by atoms with Gasteiger partial charge in [-0.2, -0.15) is 0 Å². The maximum absolute atomic E-state index is 5.98. The van der Waals surface area contributed by atoms with Gasteiger partial charge in [0.15, 0.2) is 10.8 Å². The standard InChI is InChI=1S/C9H4BrClN4/c10-5-1-2-7-6(3-5)13-8(11)9-14-12-4-15(7)9/h1-4H. The van der Waals surface area contributed by atoms with E-state index in [1.807, 2.05) is 22.6 Å². The van der Waals surface area contributed by atoms with Gasteiger partial charge in [0.05, 0.1) is 11.0 Å².